The van der Waals surface area contributed by atoms with E-state index in [0.29, 0.717) is 5.92 Å². The molecule has 1 aliphatic rings. The number of hydrogen-bond donors (Lipinski definition) is 1. The number of nitrogens with zero attached hydrogens (tertiary/aromatic N) is 3. The van der Waals surface area contributed by atoms with Crippen LogP contribution >= 0.6 is 0 Å². The van der Waals surface area contributed by atoms with Crippen molar-refractivity contribution in [2.45, 2.75) is 25.2 Å². The third kappa shape index (κ3) is 1.03. The van der Waals surface area contributed by atoms with Crippen LogP contribution in [-0.2, 0) is 13.5 Å². The lowest BCUT2D eigenvalue weighted by Crippen LogP contribution is -2.05. The summed E-state index contributed by atoms with van der Waals surface area (Å²) in [6.45, 7) is 0.751. The van der Waals surface area contributed by atoms with Crippen molar-refractivity contribution in [2.75, 3.05) is 6.54 Å². The number of hydrogen-bond acceptors (Lipinski definition) is 3. The third-order valence-electron chi connectivity index (χ3n) is 2.60. The first-order chi connectivity index (χ1) is 5.83. The molecule has 0 fully saturated rings. The summed E-state index contributed by atoms with van der Waals surface area (Å²) in [5.74, 6) is 0.568. The summed E-state index contributed by atoms with van der Waals surface area (Å²) in [6, 6.07) is 0. The Morgan fingerprint density at radius 2 is 2.50 bits per heavy atom. The van der Waals surface area contributed by atoms with Crippen LogP contribution in [0, 0.1) is 0 Å². The minimum Gasteiger partial charge on any atom is -0.330 e. The molecule has 1 atom stereocenters. The van der Waals surface area contributed by atoms with Crippen molar-refractivity contribution in [3.63, 3.8) is 0 Å². The average molecular weight is 166 g/mol. The molecule has 0 spiro atoms. The summed E-state index contributed by atoms with van der Waals surface area (Å²) in [5, 5.41) is 8.15. The van der Waals surface area contributed by atoms with Crippen LogP contribution in [0.1, 0.15) is 30.1 Å². The highest BCUT2D eigenvalue weighted by molar-refractivity contribution is 5.21. The van der Waals surface area contributed by atoms with Gasteiger partial charge in [-0.1, -0.05) is 5.21 Å². The highest BCUT2D eigenvalue weighted by Crippen LogP contribution is 2.32. The first-order valence-electron chi connectivity index (χ1n) is 4.41. The first-order valence-corrected chi connectivity index (χ1v) is 4.41. The Bertz CT molecular complexity index is 279. The molecule has 1 heterocycles. The summed E-state index contributed by atoms with van der Waals surface area (Å²) in [4.78, 5) is 0. The van der Waals surface area contributed by atoms with E-state index in [1.54, 1.807) is 0 Å². The molecule has 4 nitrogen and oxygen atoms in total. The van der Waals surface area contributed by atoms with Crippen LogP contribution in [0.4, 0.5) is 0 Å². The molecule has 4 heteroatoms. The lowest BCUT2D eigenvalue weighted by Gasteiger charge is -2.03. The lowest BCUT2D eigenvalue weighted by atomic mass is 10.0. The predicted molar refractivity (Wildman–Crippen MR) is 45.7 cm³/mol. The topological polar surface area (TPSA) is 56.7 Å². The van der Waals surface area contributed by atoms with Crippen LogP contribution in [0.5, 0.6) is 0 Å². The second-order valence-electron chi connectivity index (χ2n) is 3.36. The normalized spacial score (nSPS) is 21.3. The predicted octanol–water partition coefficient (Wildman–Crippen LogP) is 0.194. The summed E-state index contributed by atoms with van der Waals surface area (Å²) in [7, 11) is 1.96. The molecule has 0 bridgehead atoms. The summed E-state index contributed by atoms with van der Waals surface area (Å²) in [6.07, 6.45) is 3.36. The maximum absolute atomic E-state index is 5.52. The van der Waals surface area contributed by atoms with Gasteiger partial charge in [0.15, 0.2) is 0 Å². The molecule has 1 unspecified atom stereocenters. The van der Waals surface area contributed by atoms with Gasteiger partial charge in [0.05, 0.1) is 11.4 Å². The molecule has 1 aromatic rings. The largest absolute Gasteiger partial charge is 0.330 e. The van der Waals surface area contributed by atoms with Gasteiger partial charge in [0.1, 0.15) is 0 Å². The van der Waals surface area contributed by atoms with Gasteiger partial charge in [-0.15, -0.1) is 5.10 Å². The molecule has 1 aliphatic carbocycles. The van der Waals surface area contributed by atoms with E-state index in [1.807, 2.05) is 11.7 Å². The minimum atomic E-state index is 0.568. The molecular formula is C8H14N4. The van der Waals surface area contributed by atoms with Gasteiger partial charge < -0.3 is 5.73 Å². The van der Waals surface area contributed by atoms with Crippen LogP contribution in [-0.4, -0.2) is 21.5 Å². The lowest BCUT2D eigenvalue weighted by molar-refractivity contribution is 0.585. The Morgan fingerprint density at radius 3 is 3.25 bits per heavy atom. The molecule has 2 N–H and O–H groups in total. The van der Waals surface area contributed by atoms with E-state index in [-0.39, 0.29) is 0 Å². The summed E-state index contributed by atoms with van der Waals surface area (Å²) in [5.41, 5.74) is 8.00. The van der Waals surface area contributed by atoms with Crippen LogP contribution in [0.15, 0.2) is 0 Å². The van der Waals surface area contributed by atoms with Crippen molar-refractivity contribution in [1.82, 2.24) is 15.0 Å². The molecule has 0 radical (unpaired) electrons. The summed E-state index contributed by atoms with van der Waals surface area (Å²) < 4.78 is 1.88. The van der Waals surface area contributed by atoms with E-state index < -0.39 is 0 Å². The fourth-order valence-electron chi connectivity index (χ4n) is 1.93. The van der Waals surface area contributed by atoms with Crippen LogP contribution in [0.2, 0.25) is 0 Å². The molecule has 66 valence electrons. The molecule has 0 amide bonds. The Balaban J connectivity index is 2.24. The Kier molecular flexibility index (Phi) is 1.84. The Hall–Kier alpha value is -0.900. The standard InChI is InChI=1S/C8H14N4/c1-12-7-3-2-6(4-5-9)8(7)10-11-12/h6H,2-5,9H2,1H3. The molecule has 2 rings (SSSR count). The average Bonchev–Trinajstić information content (AvgIpc) is 2.58. The zero-order chi connectivity index (χ0) is 8.55. The van der Waals surface area contributed by atoms with Gasteiger partial charge in [0.25, 0.3) is 0 Å². The highest BCUT2D eigenvalue weighted by atomic mass is 15.4. The number of aryl methyl sites for hydroxylation is 1. The smallest absolute Gasteiger partial charge is 0.0890 e. The number of rotatable bonds is 2. The molecule has 0 aliphatic heterocycles. The second kappa shape index (κ2) is 2.86. The molecule has 12 heavy (non-hydrogen) atoms. The maximum Gasteiger partial charge on any atom is 0.0890 e. The van der Waals surface area contributed by atoms with Crippen molar-refractivity contribution < 1.29 is 0 Å². The van der Waals surface area contributed by atoms with Crippen molar-refractivity contribution in [2.24, 2.45) is 12.8 Å². The van der Waals surface area contributed by atoms with Gasteiger partial charge in [0.2, 0.25) is 0 Å². The number of fused-ring (bicyclic) bond motifs is 1. The maximum atomic E-state index is 5.52. The number of nitrogens with two attached hydrogens (primary N) is 1. The van der Waals surface area contributed by atoms with E-state index in [0.717, 1.165) is 19.4 Å². The molecule has 0 aromatic carbocycles. The minimum absolute atomic E-state index is 0.568. The van der Waals surface area contributed by atoms with Gasteiger partial charge in [-0.25, -0.2) is 0 Å². The van der Waals surface area contributed by atoms with Crippen LogP contribution in [0.3, 0.4) is 0 Å². The fourth-order valence-corrected chi connectivity index (χ4v) is 1.93. The van der Waals surface area contributed by atoms with E-state index in [4.69, 9.17) is 5.73 Å². The molecular weight excluding hydrogens is 152 g/mol. The van der Waals surface area contributed by atoms with E-state index in [2.05, 4.69) is 10.3 Å². The third-order valence-corrected chi connectivity index (χ3v) is 2.60. The first kappa shape index (κ1) is 7.73. The van der Waals surface area contributed by atoms with Crippen LogP contribution < -0.4 is 5.73 Å². The van der Waals surface area contributed by atoms with Gasteiger partial charge in [-0.05, 0) is 25.8 Å². The van der Waals surface area contributed by atoms with E-state index in [9.17, 15) is 0 Å². The van der Waals surface area contributed by atoms with Gasteiger partial charge >= 0.3 is 0 Å². The monoisotopic (exact) mass is 166 g/mol. The van der Waals surface area contributed by atoms with Crippen molar-refractivity contribution in [1.29, 1.82) is 0 Å². The van der Waals surface area contributed by atoms with Gasteiger partial charge in [-0.3, -0.25) is 4.68 Å². The quantitative estimate of drug-likeness (QED) is 0.682. The van der Waals surface area contributed by atoms with Crippen LogP contribution in [0.25, 0.3) is 0 Å². The molecule has 0 saturated carbocycles. The SMILES string of the molecule is Cn1nnc2c1CCC2CCN. The summed E-state index contributed by atoms with van der Waals surface area (Å²) >= 11 is 0. The Morgan fingerprint density at radius 1 is 1.67 bits per heavy atom. The van der Waals surface area contributed by atoms with Gasteiger partial charge in [0, 0.05) is 13.0 Å². The zero-order valence-corrected chi connectivity index (χ0v) is 7.32. The van der Waals surface area contributed by atoms with E-state index in [1.165, 1.54) is 17.8 Å². The highest BCUT2D eigenvalue weighted by Gasteiger charge is 2.26. The Labute approximate surface area is 71.8 Å². The zero-order valence-electron chi connectivity index (χ0n) is 7.32. The number of aromatic nitrogens is 3. The second-order valence-corrected chi connectivity index (χ2v) is 3.36. The van der Waals surface area contributed by atoms with Gasteiger partial charge in [-0.2, -0.15) is 0 Å². The fraction of sp³-hybridized carbons (Fsp3) is 0.750. The van der Waals surface area contributed by atoms with Crippen molar-refractivity contribution in [3.8, 4) is 0 Å². The van der Waals surface area contributed by atoms with Crippen molar-refractivity contribution >= 4 is 0 Å². The van der Waals surface area contributed by atoms with Crippen molar-refractivity contribution in [3.05, 3.63) is 11.4 Å². The van der Waals surface area contributed by atoms with E-state index >= 15 is 0 Å². The molecule has 1 aromatic heterocycles. The molecule has 0 saturated heterocycles.